The monoisotopic (exact) mass is 719 g/mol. The molecule has 6 atom stereocenters. The van der Waals surface area contributed by atoms with Gasteiger partial charge >= 0.3 is 0 Å². The fourth-order valence-electron chi connectivity index (χ4n) is 8.63. The maximum atomic E-state index is 9.87. The van der Waals surface area contributed by atoms with Gasteiger partial charge in [-0.3, -0.25) is 0 Å². The second kappa shape index (κ2) is 16.7. The lowest BCUT2D eigenvalue weighted by atomic mass is 9.56. The van der Waals surface area contributed by atoms with E-state index >= 15 is 0 Å². The Hall–Kier alpha value is -4.08. The number of hydrogen-bond donors (Lipinski definition) is 2. The predicted molar refractivity (Wildman–Crippen MR) is 208 cm³/mol. The molecule has 0 aromatic heterocycles. The second-order valence-corrected chi connectivity index (χ2v) is 15.2. The summed E-state index contributed by atoms with van der Waals surface area (Å²) >= 11 is 1.76. The minimum atomic E-state index is -1.03. The smallest absolute Gasteiger partial charge is 0.231 e. The zero-order chi connectivity index (χ0) is 35.9. The van der Waals surface area contributed by atoms with Crippen LogP contribution in [0, 0.1) is 17.8 Å². The summed E-state index contributed by atoms with van der Waals surface area (Å²) in [5.74, 6) is 1.51. The largest absolute Gasteiger partial charge is 0.460 e. The number of unbranched alkanes of at least 4 members (excludes halogenated alkanes) is 2. The first-order valence-corrected chi connectivity index (χ1v) is 19.5. The molecule has 0 amide bonds. The number of hydrogen-bond acceptors (Lipinski definition) is 8. The Morgan fingerprint density at radius 1 is 0.885 bits per heavy atom. The van der Waals surface area contributed by atoms with Crippen LogP contribution in [0.5, 0.6) is 17.2 Å². The average Bonchev–Trinajstić information content (AvgIpc) is 3.17. The van der Waals surface area contributed by atoms with Gasteiger partial charge in [-0.1, -0.05) is 78.7 Å². The Labute approximate surface area is 311 Å². The van der Waals surface area contributed by atoms with Gasteiger partial charge in [-0.25, -0.2) is 0 Å². The average molecular weight is 720 g/mol. The minimum absolute atomic E-state index is 0.00670. The van der Waals surface area contributed by atoms with Gasteiger partial charge < -0.3 is 29.3 Å². The van der Waals surface area contributed by atoms with Crippen LogP contribution in [-0.2, 0) is 9.57 Å². The van der Waals surface area contributed by atoms with Crippen LogP contribution in [0.15, 0.2) is 125 Å². The van der Waals surface area contributed by atoms with Crippen LogP contribution in [0.2, 0.25) is 0 Å². The molecular weight excluding hydrogens is 671 g/mol. The van der Waals surface area contributed by atoms with Crippen molar-refractivity contribution in [3.05, 3.63) is 121 Å². The van der Waals surface area contributed by atoms with Crippen LogP contribution >= 0.6 is 11.8 Å². The van der Waals surface area contributed by atoms with Crippen molar-refractivity contribution >= 4 is 28.2 Å². The Morgan fingerprint density at radius 3 is 2.38 bits per heavy atom. The highest BCUT2D eigenvalue weighted by molar-refractivity contribution is 8.00. The van der Waals surface area contributed by atoms with Gasteiger partial charge in [0.25, 0.3) is 0 Å². The highest BCUT2D eigenvalue weighted by atomic mass is 32.2. The Morgan fingerprint density at radius 2 is 1.62 bits per heavy atom. The maximum Gasteiger partial charge on any atom is 0.231 e. The first kappa shape index (κ1) is 36.3. The number of thioether (sulfide) groups is 1. The first-order chi connectivity index (χ1) is 25.6. The van der Waals surface area contributed by atoms with Crippen LogP contribution in [0.1, 0.15) is 56.4 Å². The molecule has 1 fully saturated rings. The lowest BCUT2D eigenvalue weighted by molar-refractivity contribution is -0.223. The highest BCUT2D eigenvalue weighted by Gasteiger charge is 2.64. The molecule has 1 heterocycles. The summed E-state index contributed by atoms with van der Waals surface area (Å²) in [6, 6.07) is 31.1. The molecule has 1 aliphatic heterocycles. The van der Waals surface area contributed by atoms with Crippen molar-refractivity contribution in [1.82, 2.24) is 0 Å². The molecular formula is C44H49NO6S. The normalized spacial score (nSPS) is 25.5. The van der Waals surface area contributed by atoms with Gasteiger partial charge in [0.15, 0.2) is 0 Å². The van der Waals surface area contributed by atoms with Crippen LogP contribution in [-0.4, -0.2) is 53.9 Å². The standard InChI is InChI=1S/C44H49NO6S/c1-3-25-49-44-41(52-35-16-5-4-6-17-35)29-39(45-48-2)37-27-32(15-9-11-23-46)36(18-10-12-24-47)42(43(37)44)38-28-34(21-22-40(38)51-44)50-33-20-19-30-13-7-8-14-31(30)26-33/h3-8,13-14,16-17,19-22,26-28,32,36,41-43,46-47H,1,9-12,15,18,23-25,29H2,2H3. The molecule has 7 nitrogen and oxygen atoms in total. The summed E-state index contributed by atoms with van der Waals surface area (Å²) in [7, 11) is 1.61. The van der Waals surface area contributed by atoms with E-state index in [0.717, 1.165) is 88.3 Å². The number of benzene rings is 4. The molecule has 7 rings (SSSR count). The van der Waals surface area contributed by atoms with E-state index in [1.807, 2.05) is 36.4 Å². The van der Waals surface area contributed by atoms with Crippen molar-refractivity contribution in [3.63, 3.8) is 0 Å². The van der Waals surface area contributed by atoms with Gasteiger partial charge in [0.1, 0.15) is 24.4 Å². The number of fused-ring (bicyclic) bond motifs is 3. The van der Waals surface area contributed by atoms with Gasteiger partial charge in [-0.05, 0) is 96.3 Å². The fourth-order valence-corrected chi connectivity index (χ4v) is 9.94. The number of rotatable bonds is 16. The maximum absolute atomic E-state index is 9.87. The van der Waals surface area contributed by atoms with E-state index in [1.165, 1.54) is 0 Å². The quantitative estimate of drug-likeness (QED) is 0.0677. The summed E-state index contributed by atoms with van der Waals surface area (Å²) in [6.45, 7) is 4.69. The SMILES string of the molecule is C=CCOC12Oc3ccc(Oc4ccc5ccccc5c4)cc3C3C(CCCCO)C(CCCCO)C=C(C(=NOC)CC1Sc1ccccc1)C32. The summed E-state index contributed by atoms with van der Waals surface area (Å²) in [4.78, 5) is 6.68. The van der Waals surface area contributed by atoms with Crippen molar-refractivity contribution in [2.75, 3.05) is 26.9 Å². The number of ether oxygens (including phenoxy) is 3. The number of aliphatic hydroxyl groups excluding tert-OH is 2. The van der Waals surface area contributed by atoms with Gasteiger partial charge in [-0.15, -0.1) is 18.3 Å². The number of oxime groups is 1. The number of aliphatic hydroxyl groups is 2. The molecule has 272 valence electrons. The third kappa shape index (κ3) is 7.40. The van der Waals surface area contributed by atoms with Gasteiger partial charge in [-0.2, -0.15) is 0 Å². The van der Waals surface area contributed by atoms with E-state index in [0.29, 0.717) is 13.0 Å². The molecule has 2 aliphatic carbocycles. The molecule has 1 saturated carbocycles. The predicted octanol–water partition coefficient (Wildman–Crippen LogP) is 9.69. The zero-order valence-corrected chi connectivity index (χ0v) is 30.7. The minimum Gasteiger partial charge on any atom is -0.460 e. The molecule has 0 saturated heterocycles. The Bertz CT molecular complexity index is 1890. The zero-order valence-electron chi connectivity index (χ0n) is 29.9. The molecule has 8 heteroatoms. The van der Waals surface area contributed by atoms with E-state index < -0.39 is 5.79 Å². The summed E-state index contributed by atoms with van der Waals surface area (Å²) in [5, 5.41) is 26.4. The van der Waals surface area contributed by atoms with Gasteiger partial charge in [0, 0.05) is 36.0 Å². The van der Waals surface area contributed by atoms with Crippen molar-refractivity contribution < 1.29 is 29.3 Å². The van der Waals surface area contributed by atoms with E-state index in [9.17, 15) is 10.2 Å². The lowest BCUT2D eigenvalue weighted by Crippen LogP contribution is -2.64. The third-order valence-electron chi connectivity index (χ3n) is 10.8. The molecule has 4 aromatic rings. The van der Waals surface area contributed by atoms with Crippen molar-refractivity contribution in [3.8, 4) is 17.2 Å². The van der Waals surface area contributed by atoms with Crippen molar-refractivity contribution in [2.24, 2.45) is 22.9 Å². The number of nitrogens with zero attached hydrogens (tertiary/aromatic N) is 1. The summed E-state index contributed by atoms with van der Waals surface area (Å²) in [5.41, 5.74) is 3.12. The van der Waals surface area contributed by atoms with Gasteiger partial charge in [0.2, 0.25) is 5.79 Å². The van der Waals surface area contributed by atoms with Crippen LogP contribution in [0.3, 0.4) is 0 Å². The highest BCUT2D eigenvalue weighted by Crippen LogP contribution is 2.63. The molecule has 0 spiro atoms. The Balaban J connectivity index is 1.39. The molecule has 4 aromatic carbocycles. The van der Waals surface area contributed by atoms with Crippen LogP contribution < -0.4 is 9.47 Å². The fraction of sp³-hybridized carbons (Fsp3) is 0.386. The topological polar surface area (TPSA) is 89.7 Å². The van der Waals surface area contributed by atoms with Crippen molar-refractivity contribution in [2.45, 2.75) is 66.8 Å². The number of allylic oxidation sites excluding steroid dienone is 1. The summed E-state index contributed by atoms with van der Waals surface area (Å²) < 4.78 is 20.9. The van der Waals surface area contributed by atoms with E-state index in [4.69, 9.17) is 24.2 Å². The first-order valence-electron chi connectivity index (χ1n) is 18.6. The van der Waals surface area contributed by atoms with E-state index in [1.54, 1.807) is 24.9 Å². The second-order valence-electron chi connectivity index (χ2n) is 14.0. The van der Waals surface area contributed by atoms with E-state index in [-0.39, 0.29) is 42.1 Å². The molecule has 52 heavy (non-hydrogen) atoms. The molecule has 0 bridgehead atoms. The molecule has 3 aliphatic rings. The summed E-state index contributed by atoms with van der Waals surface area (Å²) in [6.07, 6.45) is 9.97. The van der Waals surface area contributed by atoms with Gasteiger partial charge in [0.05, 0.1) is 23.5 Å². The molecule has 2 N–H and O–H groups in total. The van der Waals surface area contributed by atoms with Crippen LogP contribution in [0.25, 0.3) is 10.8 Å². The third-order valence-corrected chi connectivity index (χ3v) is 12.1. The van der Waals surface area contributed by atoms with Crippen molar-refractivity contribution in [1.29, 1.82) is 0 Å². The lowest BCUT2D eigenvalue weighted by Gasteiger charge is -2.58. The molecule has 0 radical (unpaired) electrons. The van der Waals surface area contributed by atoms with Crippen LogP contribution in [0.4, 0.5) is 0 Å². The van der Waals surface area contributed by atoms with E-state index in [2.05, 4.69) is 67.3 Å². The Kier molecular flexibility index (Phi) is 11.7. The molecule has 6 unspecified atom stereocenters.